The van der Waals surface area contributed by atoms with Crippen LogP contribution in [0.25, 0.3) is 4.91 Å². The maximum Gasteiger partial charge on any atom is 0.118 e. The summed E-state index contributed by atoms with van der Waals surface area (Å²) in [5.41, 5.74) is 2.01. The summed E-state index contributed by atoms with van der Waals surface area (Å²) in [5, 5.41) is 0. The minimum Gasteiger partial charge on any atom is -0.497 e. The second kappa shape index (κ2) is 5.85. The highest BCUT2D eigenvalue weighted by atomic mass is 32.2. The maximum absolute atomic E-state index is 12.4. The van der Waals surface area contributed by atoms with Crippen molar-refractivity contribution in [3.63, 3.8) is 0 Å². The molecule has 0 aliphatic carbocycles. The van der Waals surface area contributed by atoms with E-state index in [-0.39, 0.29) is 0 Å². The lowest BCUT2D eigenvalue weighted by molar-refractivity contribution is 0.415. The molecule has 19 heavy (non-hydrogen) atoms. The van der Waals surface area contributed by atoms with E-state index in [1.807, 2.05) is 55.5 Å². The van der Waals surface area contributed by atoms with Crippen molar-refractivity contribution < 1.29 is 8.95 Å². The average Bonchev–Trinajstić information content (AvgIpc) is 2.46. The van der Waals surface area contributed by atoms with Crippen LogP contribution < -0.4 is 4.74 Å². The molecule has 1 unspecified atom stereocenters. The van der Waals surface area contributed by atoms with Crippen LogP contribution in [0, 0.1) is 6.92 Å². The highest BCUT2D eigenvalue weighted by Gasteiger charge is 2.10. The zero-order valence-corrected chi connectivity index (χ0v) is 11.9. The highest BCUT2D eigenvalue weighted by molar-refractivity contribution is 7.94. The molecule has 0 amide bonds. The first kappa shape index (κ1) is 13.6. The second-order valence-corrected chi connectivity index (χ2v) is 5.74. The van der Waals surface area contributed by atoms with Crippen molar-refractivity contribution in [3.05, 3.63) is 66.2 Å². The van der Waals surface area contributed by atoms with Crippen molar-refractivity contribution in [2.45, 2.75) is 11.8 Å². The molecule has 0 bridgehead atoms. The van der Waals surface area contributed by atoms with Crippen molar-refractivity contribution >= 4 is 15.7 Å². The maximum atomic E-state index is 12.4. The molecule has 0 radical (unpaired) electrons. The second-order valence-electron chi connectivity index (χ2n) is 4.23. The van der Waals surface area contributed by atoms with Crippen molar-refractivity contribution in [1.82, 2.24) is 0 Å². The molecule has 0 N–H and O–H groups in total. The largest absolute Gasteiger partial charge is 0.497 e. The van der Waals surface area contributed by atoms with Crippen LogP contribution >= 0.6 is 0 Å². The Labute approximate surface area is 116 Å². The van der Waals surface area contributed by atoms with Crippen molar-refractivity contribution in [3.8, 4) is 5.75 Å². The Bertz CT molecular complexity index is 598. The molecule has 0 aromatic heterocycles. The van der Waals surface area contributed by atoms with Crippen LogP contribution in [-0.2, 0) is 10.8 Å². The van der Waals surface area contributed by atoms with Gasteiger partial charge in [-0.3, -0.25) is 0 Å². The van der Waals surface area contributed by atoms with Crippen LogP contribution in [0.5, 0.6) is 5.75 Å². The summed E-state index contributed by atoms with van der Waals surface area (Å²) in [6, 6.07) is 15.1. The molecule has 0 saturated carbocycles. The van der Waals surface area contributed by atoms with Crippen LogP contribution in [0.4, 0.5) is 0 Å². The van der Waals surface area contributed by atoms with Crippen molar-refractivity contribution in [1.29, 1.82) is 0 Å². The van der Waals surface area contributed by atoms with Gasteiger partial charge in [0.15, 0.2) is 0 Å². The van der Waals surface area contributed by atoms with Gasteiger partial charge in [-0.05, 0) is 36.8 Å². The Hall–Kier alpha value is -1.87. The molecular formula is C16H16O2S. The van der Waals surface area contributed by atoms with Crippen LogP contribution in [0.3, 0.4) is 0 Å². The smallest absolute Gasteiger partial charge is 0.118 e. The van der Waals surface area contributed by atoms with E-state index in [1.165, 1.54) is 0 Å². The van der Waals surface area contributed by atoms with Gasteiger partial charge < -0.3 is 4.74 Å². The molecule has 1 atom stereocenters. The number of hydrogen-bond acceptors (Lipinski definition) is 2. The third-order valence-electron chi connectivity index (χ3n) is 2.87. The van der Waals surface area contributed by atoms with E-state index in [1.54, 1.807) is 7.11 Å². The van der Waals surface area contributed by atoms with E-state index in [0.29, 0.717) is 4.91 Å². The first-order valence-corrected chi connectivity index (χ1v) is 7.08. The predicted molar refractivity (Wildman–Crippen MR) is 79.6 cm³/mol. The summed E-state index contributed by atoms with van der Waals surface area (Å²) in [4.78, 5) is 1.37. The number of ether oxygens (including phenoxy) is 1. The molecule has 0 saturated heterocycles. The SMILES string of the molecule is C=C(c1ccc(OC)cc1)S(=O)c1ccc(C)cc1. The normalized spacial score (nSPS) is 11.9. The molecular weight excluding hydrogens is 256 g/mol. The Morgan fingerprint density at radius 3 is 2.16 bits per heavy atom. The number of benzene rings is 2. The predicted octanol–water partition coefficient (Wildman–Crippen LogP) is 3.78. The first-order valence-electron chi connectivity index (χ1n) is 5.93. The minimum absolute atomic E-state index is 0.603. The van der Waals surface area contributed by atoms with Gasteiger partial charge in [-0.15, -0.1) is 0 Å². The van der Waals surface area contributed by atoms with Crippen LogP contribution in [-0.4, -0.2) is 11.3 Å². The van der Waals surface area contributed by atoms with E-state index < -0.39 is 10.8 Å². The van der Waals surface area contributed by atoms with Gasteiger partial charge in [0.25, 0.3) is 0 Å². The van der Waals surface area contributed by atoms with Crippen LogP contribution in [0.1, 0.15) is 11.1 Å². The molecule has 2 aromatic rings. The summed E-state index contributed by atoms with van der Waals surface area (Å²) >= 11 is 0. The fourth-order valence-electron chi connectivity index (χ4n) is 1.69. The Balaban J connectivity index is 2.23. The third kappa shape index (κ3) is 3.12. The molecule has 0 aliphatic rings. The quantitative estimate of drug-likeness (QED) is 0.846. The van der Waals surface area contributed by atoms with Crippen LogP contribution in [0.2, 0.25) is 0 Å². The first-order chi connectivity index (χ1) is 9.11. The minimum atomic E-state index is -1.23. The summed E-state index contributed by atoms with van der Waals surface area (Å²) in [6.07, 6.45) is 0. The number of methoxy groups -OCH3 is 1. The summed E-state index contributed by atoms with van der Waals surface area (Å²) < 4.78 is 17.5. The van der Waals surface area contributed by atoms with Crippen molar-refractivity contribution in [2.75, 3.05) is 7.11 Å². The van der Waals surface area contributed by atoms with E-state index in [4.69, 9.17) is 4.74 Å². The lowest BCUT2D eigenvalue weighted by atomic mass is 10.2. The van der Waals surface area contributed by atoms with Gasteiger partial charge in [0.05, 0.1) is 17.9 Å². The summed E-state index contributed by atoms with van der Waals surface area (Å²) in [7, 11) is 0.388. The Morgan fingerprint density at radius 2 is 1.63 bits per heavy atom. The van der Waals surface area contributed by atoms with Gasteiger partial charge in [-0.1, -0.05) is 36.4 Å². The molecule has 2 aromatic carbocycles. The van der Waals surface area contributed by atoms with E-state index in [2.05, 4.69) is 6.58 Å². The fraction of sp³-hybridized carbons (Fsp3) is 0.125. The fourth-order valence-corrected chi connectivity index (χ4v) is 2.71. The van der Waals surface area contributed by atoms with E-state index in [9.17, 15) is 4.21 Å². The van der Waals surface area contributed by atoms with Crippen LogP contribution in [0.15, 0.2) is 60.0 Å². The molecule has 0 spiro atoms. The summed E-state index contributed by atoms with van der Waals surface area (Å²) in [6.45, 7) is 5.94. The molecule has 2 nitrogen and oxygen atoms in total. The van der Waals surface area contributed by atoms with E-state index >= 15 is 0 Å². The summed E-state index contributed by atoms with van der Waals surface area (Å²) in [5.74, 6) is 0.776. The monoisotopic (exact) mass is 272 g/mol. The molecule has 98 valence electrons. The van der Waals surface area contributed by atoms with Gasteiger partial charge in [0.2, 0.25) is 0 Å². The Morgan fingerprint density at radius 1 is 1.05 bits per heavy atom. The average molecular weight is 272 g/mol. The van der Waals surface area contributed by atoms with Gasteiger partial charge in [0.1, 0.15) is 5.75 Å². The van der Waals surface area contributed by atoms with Gasteiger partial charge >= 0.3 is 0 Å². The van der Waals surface area contributed by atoms with Gasteiger partial charge in [-0.25, -0.2) is 4.21 Å². The van der Waals surface area contributed by atoms with E-state index in [0.717, 1.165) is 21.8 Å². The zero-order chi connectivity index (χ0) is 13.8. The lowest BCUT2D eigenvalue weighted by Gasteiger charge is -2.07. The number of hydrogen-bond donors (Lipinski definition) is 0. The van der Waals surface area contributed by atoms with Gasteiger partial charge in [0, 0.05) is 9.80 Å². The lowest BCUT2D eigenvalue weighted by Crippen LogP contribution is -1.95. The standard InChI is InChI=1S/C16H16O2S/c1-12-4-10-16(11-5-12)19(17)13(2)14-6-8-15(18-3)9-7-14/h4-11H,2H2,1,3H3. The zero-order valence-electron chi connectivity index (χ0n) is 11.1. The number of rotatable bonds is 4. The molecule has 0 heterocycles. The number of aryl methyl sites for hydroxylation is 1. The van der Waals surface area contributed by atoms with Gasteiger partial charge in [-0.2, -0.15) is 0 Å². The Kier molecular flexibility index (Phi) is 4.17. The topological polar surface area (TPSA) is 26.3 Å². The highest BCUT2D eigenvalue weighted by Crippen LogP contribution is 2.24. The third-order valence-corrected chi connectivity index (χ3v) is 4.25. The molecule has 0 aliphatic heterocycles. The van der Waals surface area contributed by atoms with Crippen molar-refractivity contribution in [2.24, 2.45) is 0 Å². The molecule has 2 rings (SSSR count). The molecule has 3 heteroatoms. The molecule has 0 fully saturated rings.